The van der Waals surface area contributed by atoms with Gasteiger partial charge in [0.25, 0.3) is 0 Å². The topological polar surface area (TPSA) is 55.9 Å². The van der Waals surface area contributed by atoms with Gasteiger partial charge in [-0.2, -0.15) is 0 Å². The number of hydrogen-bond donors (Lipinski definition) is 2. The molecule has 1 atom stereocenters. The molecule has 0 aliphatic rings. The van der Waals surface area contributed by atoms with Gasteiger partial charge in [-0.05, 0) is 27.4 Å². The number of thiophene rings is 1. The molecule has 0 aromatic carbocycles. The molecule has 1 unspecified atom stereocenters. The number of rotatable bonds is 3. The lowest BCUT2D eigenvalue weighted by molar-refractivity contribution is 0.586. The van der Waals surface area contributed by atoms with E-state index in [2.05, 4.69) is 26.3 Å². The molecule has 3 N–H and O–H groups in total. The highest BCUT2D eigenvalue weighted by molar-refractivity contribution is 9.10. The molecule has 0 saturated carbocycles. The molecule has 0 aliphatic heterocycles. The first kappa shape index (κ1) is 10.8. The minimum Gasteiger partial charge on any atom is -0.336 e. The summed E-state index contributed by atoms with van der Waals surface area (Å²) >= 11 is 5.14. The van der Waals surface area contributed by atoms with E-state index in [-0.39, 0.29) is 6.04 Å². The van der Waals surface area contributed by atoms with E-state index in [0.717, 1.165) is 15.2 Å². The van der Waals surface area contributed by atoms with Gasteiger partial charge in [-0.25, -0.2) is 10.4 Å². The van der Waals surface area contributed by atoms with Gasteiger partial charge in [-0.15, -0.1) is 11.3 Å². The van der Waals surface area contributed by atoms with Gasteiger partial charge in [0.2, 0.25) is 0 Å². The molecule has 0 radical (unpaired) electrons. The first-order valence-electron chi connectivity index (χ1n) is 4.40. The van der Waals surface area contributed by atoms with Crippen LogP contribution in [0, 0.1) is 0 Å². The molecule has 80 valence electrons. The van der Waals surface area contributed by atoms with Crippen LogP contribution in [0.25, 0.3) is 0 Å². The third-order valence-corrected chi connectivity index (χ3v) is 4.13. The summed E-state index contributed by atoms with van der Waals surface area (Å²) in [6, 6.07) is 1.94. The largest absolute Gasteiger partial charge is 0.336 e. The maximum Gasteiger partial charge on any atom is 0.132 e. The van der Waals surface area contributed by atoms with Gasteiger partial charge in [0.05, 0.1) is 0 Å². The van der Waals surface area contributed by atoms with Gasteiger partial charge in [0.15, 0.2) is 0 Å². The summed E-state index contributed by atoms with van der Waals surface area (Å²) in [7, 11) is 1.95. The summed E-state index contributed by atoms with van der Waals surface area (Å²) < 4.78 is 3.01. The Morgan fingerprint density at radius 3 is 2.93 bits per heavy atom. The van der Waals surface area contributed by atoms with E-state index in [1.54, 1.807) is 17.5 Å². The summed E-state index contributed by atoms with van der Waals surface area (Å²) in [5, 5.41) is 2.02. The standard InChI is InChI=1S/C9H11BrN4S/c1-14-4-3-12-9(14)7(13-11)8-6(10)2-5-15-8/h2-5,7,13H,11H2,1H3. The Balaban J connectivity index is 2.41. The zero-order chi connectivity index (χ0) is 10.8. The zero-order valence-corrected chi connectivity index (χ0v) is 10.5. The molecule has 2 heterocycles. The fourth-order valence-electron chi connectivity index (χ4n) is 1.43. The first-order chi connectivity index (χ1) is 7.24. The molecule has 6 heteroatoms. The van der Waals surface area contributed by atoms with Crippen LogP contribution in [0.2, 0.25) is 0 Å². The number of nitrogens with two attached hydrogens (primary N) is 1. The SMILES string of the molecule is Cn1ccnc1C(NN)c1sccc1Br. The lowest BCUT2D eigenvalue weighted by atomic mass is 10.2. The van der Waals surface area contributed by atoms with Crippen molar-refractivity contribution in [2.75, 3.05) is 0 Å². The van der Waals surface area contributed by atoms with Crippen LogP contribution in [0.5, 0.6) is 0 Å². The average Bonchev–Trinajstić information content (AvgIpc) is 2.80. The van der Waals surface area contributed by atoms with E-state index in [9.17, 15) is 0 Å². The number of imidazole rings is 1. The van der Waals surface area contributed by atoms with Crippen molar-refractivity contribution < 1.29 is 0 Å². The third kappa shape index (κ3) is 1.98. The molecule has 0 aliphatic carbocycles. The normalized spacial score (nSPS) is 13.0. The van der Waals surface area contributed by atoms with Crippen molar-refractivity contribution in [3.63, 3.8) is 0 Å². The van der Waals surface area contributed by atoms with Crippen LogP contribution in [-0.4, -0.2) is 9.55 Å². The maximum absolute atomic E-state index is 5.58. The van der Waals surface area contributed by atoms with Gasteiger partial charge in [0.1, 0.15) is 11.9 Å². The fourth-order valence-corrected chi connectivity index (χ4v) is 3.09. The second-order valence-corrected chi connectivity index (χ2v) is 4.93. The smallest absolute Gasteiger partial charge is 0.132 e. The van der Waals surface area contributed by atoms with E-state index in [0.29, 0.717) is 0 Å². The fraction of sp³-hybridized carbons (Fsp3) is 0.222. The van der Waals surface area contributed by atoms with E-state index in [1.807, 2.05) is 29.3 Å². The predicted molar refractivity (Wildman–Crippen MR) is 64.4 cm³/mol. The summed E-state index contributed by atoms with van der Waals surface area (Å²) in [6.07, 6.45) is 3.67. The second kappa shape index (κ2) is 4.44. The Labute approximate surface area is 100 Å². The highest BCUT2D eigenvalue weighted by Crippen LogP contribution is 2.31. The van der Waals surface area contributed by atoms with Crippen molar-refractivity contribution in [2.24, 2.45) is 12.9 Å². The monoisotopic (exact) mass is 286 g/mol. The van der Waals surface area contributed by atoms with Gasteiger partial charge >= 0.3 is 0 Å². The number of hydrogen-bond acceptors (Lipinski definition) is 4. The van der Waals surface area contributed by atoms with E-state index < -0.39 is 0 Å². The lowest BCUT2D eigenvalue weighted by Gasteiger charge is -2.14. The molecule has 0 fully saturated rings. The minimum absolute atomic E-state index is 0.0700. The summed E-state index contributed by atoms with van der Waals surface area (Å²) in [4.78, 5) is 5.42. The lowest BCUT2D eigenvalue weighted by Crippen LogP contribution is -2.30. The zero-order valence-electron chi connectivity index (χ0n) is 8.14. The van der Waals surface area contributed by atoms with Crippen LogP contribution < -0.4 is 11.3 Å². The van der Waals surface area contributed by atoms with Crippen LogP contribution in [0.3, 0.4) is 0 Å². The number of hydrazine groups is 1. The molecule has 0 amide bonds. The van der Waals surface area contributed by atoms with Crippen molar-refractivity contribution in [3.05, 3.63) is 39.0 Å². The Morgan fingerprint density at radius 2 is 2.47 bits per heavy atom. The van der Waals surface area contributed by atoms with Crippen LogP contribution >= 0.6 is 27.3 Å². The highest BCUT2D eigenvalue weighted by atomic mass is 79.9. The van der Waals surface area contributed by atoms with E-state index >= 15 is 0 Å². The van der Waals surface area contributed by atoms with Crippen molar-refractivity contribution >= 4 is 27.3 Å². The van der Waals surface area contributed by atoms with Gasteiger partial charge in [-0.3, -0.25) is 5.84 Å². The number of aromatic nitrogens is 2. The highest BCUT2D eigenvalue weighted by Gasteiger charge is 2.20. The molecule has 2 rings (SSSR count). The van der Waals surface area contributed by atoms with Gasteiger partial charge in [0, 0.05) is 28.8 Å². The number of halogens is 1. The van der Waals surface area contributed by atoms with Gasteiger partial charge < -0.3 is 4.57 Å². The van der Waals surface area contributed by atoms with Crippen molar-refractivity contribution in [2.45, 2.75) is 6.04 Å². The quantitative estimate of drug-likeness (QED) is 0.668. The Kier molecular flexibility index (Phi) is 3.20. The van der Waals surface area contributed by atoms with Crippen LogP contribution in [0.15, 0.2) is 28.3 Å². The Bertz CT molecular complexity index is 410. The third-order valence-electron chi connectivity index (χ3n) is 2.19. The molecule has 2 aromatic heterocycles. The molecule has 15 heavy (non-hydrogen) atoms. The summed E-state index contributed by atoms with van der Waals surface area (Å²) in [5.74, 6) is 6.48. The van der Waals surface area contributed by atoms with Gasteiger partial charge in [-0.1, -0.05) is 0 Å². The number of aryl methyl sites for hydroxylation is 1. The molecular weight excluding hydrogens is 276 g/mol. The number of nitrogens with zero attached hydrogens (tertiary/aromatic N) is 2. The molecule has 0 saturated heterocycles. The average molecular weight is 287 g/mol. The van der Waals surface area contributed by atoms with Crippen molar-refractivity contribution in [1.29, 1.82) is 0 Å². The van der Waals surface area contributed by atoms with E-state index in [4.69, 9.17) is 5.84 Å². The molecule has 4 nitrogen and oxygen atoms in total. The number of nitrogens with one attached hydrogen (secondary N) is 1. The molecular formula is C9H11BrN4S. The second-order valence-electron chi connectivity index (χ2n) is 3.13. The maximum atomic E-state index is 5.58. The molecule has 0 bridgehead atoms. The van der Waals surface area contributed by atoms with Crippen LogP contribution in [0.4, 0.5) is 0 Å². The first-order valence-corrected chi connectivity index (χ1v) is 6.07. The summed E-state index contributed by atoms with van der Waals surface area (Å²) in [5.41, 5.74) is 2.79. The van der Waals surface area contributed by atoms with Crippen LogP contribution in [0.1, 0.15) is 16.7 Å². The molecule has 0 spiro atoms. The predicted octanol–water partition coefficient (Wildman–Crippen LogP) is 1.80. The Morgan fingerprint density at radius 1 is 1.67 bits per heavy atom. The van der Waals surface area contributed by atoms with E-state index in [1.165, 1.54) is 0 Å². The van der Waals surface area contributed by atoms with Crippen LogP contribution in [-0.2, 0) is 7.05 Å². The molecule has 2 aromatic rings. The summed E-state index contributed by atoms with van der Waals surface area (Å²) in [6.45, 7) is 0. The van der Waals surface area contributed by atoms with Crippen molar-refractivity contribution in [3.8, 4) is 0 Å². The Hall–Kier alpha value is -0.690. The van der Waals surface area contributed by atoms with Crippen molar-refractivity contribution in [1.82, 2.24) is 15.0 Å². The minimum atomic E-state index is -0.0700.